The molecule has 148 valence electrons. The van der Waals surface area contributed by atoms with Crippen molar-refractivity contribution < 1.29 is 9.90 Å². The SMILES string of the molecule is C=CCN1CCN(c2c(Br)cc3c(=O)c(C(=O)O)cn4c3c2CCC4C)CC1. The van der Waals surface area contributed by atoms with Gasteiger partial charge in [0.1, 0.15) is 5.56 Å². The number of aromatic carboxylic acids is 1. The minimum absolute atomic E-state index is 0.159. The summed E-state index contributed by atoms with van der Waals surface area (Å²) in [5.41, 5.74) is 2.62. The normalized spacial score (nSPS) is 19.8. The number of piperazine rings is 1. The van der Waals surface area contributed by atoms with Crippen LogP contribution in [0.4, 0.5) is 5.69 Å². The van der Waals surface area contributed by atoms with E-state index < -0.39 is 11.4 Å². The lowest BCUT2D eigenvalue weighted by Gasteiger charge is -2.38. The highest BCUT2D eigenvalue weighted by atomic mass is 79.9. The van der Waals surface area contributed by atoms with Gasteiger partial charge in [0.05, 0.1) is 11.2 Å². The van der Waals surface area contributed by atoms with Gasteiger partial charge in [-0.15, -0.1) is 6.58 Å². The number of rotatable bonds is 4. The van der Waals surface area contributed by atoms with Crippen LogP contribution in [0.2, 0.25) is 0 Å². The minimum Gasteiger partial charge on any atom is -0.477 e. The van der Waals surface area contributed by atoms with Gasteiger partial charge in [-0.05, 0) is 41.8 Å². The zero-order valence-electron chi connectivity index (χ0n) is 15.9. The van der Waals surface area contributed by atoms with E-state index in [-0.39, 0.29) is 11.6 Å². The second-order valence-corrected chi connectivity index (χ2v) is 8.48. The molecule has 2 aliphatic rings. The number of halogens is 1. The molecule has 0 spiro atoms. The van der Waals surface area contributed by atoms with Gasteiger partial charge >= 0.3 is 5.97 Å². The number of nitrogens with zero attached hydrogens (tertiary/aromatic N) is 3. The van der Waals surface area contributed by atoms with E-state index >= 15 is 0 Å². The van der Waals surface area contributed by atoms with Crippen molar-refractivity contribution in [3.8, 4) is 0 Å². The Morgan fingerprint density at radius 1 is 1.36 bits per heavy atom. The van der Waals surface area contributed by atoms with Crippen LogP contribution in [0.3, 0.4) is 0 Å². The number of hydrogen-bond acceptors (Lipinski definition) is 4. The van der Waals surface area contributed by atoms with E-state index in [1.165, 1.54) is 6.20 Å². The van der Waals surface area contributed by atoms with Gasteiger partial charge < -0.3 is 14.6 Å². The van der Waals surface area contributed by atoms with E-state index in [2.05, 4.69) is 39.2 Å². The molecule has 0 saturated carbocycles. The molecule has 2 aliphatic heterocycles. The van der Waals surface area contributed by atoms with Crippen molar-refractivity contribution in [3.63, 3.8) is 0 Å². The number of carbonyl (C=O) groups is 1. The topological polar surface area (TPSA) is 65.8 Å². The Morgan fingerprint density at radius 2 is 2.07 bits per heavy atom. The maximum atomic E-state index is 12.8. The summed E-state index contributed by atoms with van der Waals surface area (Å²) in [4.78, 5) is 29.2. The van der Waals surface area contributed by atoms with Gasteiger partial charge in [-0.1, -0.05) is 6.08 Å². The summed E-state index contributed by atoms with van der Waals surface area (Å²) in [6.45, 7) is 10.6. The minimum atomic E-state index is -1.17. The Morgan fingerprint density at radius 3 is 2.71 bits per heavy atom. The fourth-order valence-electron chi connectivity index (χ4n) is 4.47. The lowest BCUT2D eigenvalue weighted by Crippen LogP contribution is -2.47. The second-order valence-electron chi connectivity index (χ2n) is 7.63. The molecule has 2 aromatic rings. The van der Waals surface area contributed by atoms with Gasteiger partial charge in [0.25, 0.3) is 0 Å². The average molecular weight is 446 g/mol. The van der Waals surface area contributed by atoms with Crippen LogP contribution in [0.1, 0.15) is 35.3 Å². The smallest absolute Gasteiger partial charge is 0.341 e. The van der Waals surface area contributed by atoms with Crippen molar-refractivity contribution in [1.82, 2.24) is 9.47 Å². The van der Waals surface area contributed by atoms with Crippen LogP contribution in [0, 0.1) is 0 Å². The van der Waals surface area contributed by atoms with Crippen molar-refractivity contribution >= 4 is 38.5 Å². The Bertz CT molecular complexity index is 1020. The quantitative estimate of drug-likeness (QED) is 0.731. The predicted octanol–water partition coefficient (Wildman–Crippen LogP) is 3.28. The van der Waals surface area contributed by atoms with Crippen molar-refractivity contribution in [2.75, 3.05) is 37.6 Å². The van der Waals surface area contributed by atoms with Gasteiger partial charge in [-0.2, -0.15) is 0 Å². The molecule has 28 heavy (non-hydrogen) atoms. The number of carboxylic acid groups (broad SMARTS) is 1. The maximum absolute atomic E-state index is 12.8. The van der Waals surface area contributed by atoms with E-state index in [9.17, 15) is 14.7 Å². The fraction of sp³-hybridized carbons (Fsp3) is 0.429. The van der Waals surface area contributed by atoms with Crippen LogP contribution in [0.5, 0.6) is 0 Å². The van der Waals surface area contributed by atoms with Gasteiger partial charge in [0.2, 0.25) is 5.43 Å². The molecular weight excluding hydrogens is 422 g/mol. The summed E-state index contributed by atoms with van der Waals surface area (Å²) >= 11 is 3.68. The van der Waals surface area contributed by atoms with E-state index in [0.29, 0.717) is 5.39 Å². The lowest BCUT2D eigenvalue weighted by molar-refractivity contribution is 0.0694. The zero-order valence-corrected chi connectivity index (χ0v) is 17.5. The van der Waals surface area contributed by atoms with Crippen molar-refractivity contribution in [2.45, 2.75) is 25.8 Å². The summed E-state index contributed by atoms with van der Waals surface area (Å²) in [6, 6.07) is 1.97. The van der Waals surface area contributed by atoms with Crippen LogP contribution >= 0.6 is 15.9 Å². The van der Waals surface area contributed by atoms with Gasteiger partial charge in [-0.3, -0.25) is 9.69 Å². The summed E-state index contributed by atoms with van der Waals surface area (Å²) < 4.78 is 2.86. The maximum Gasteiger partial charge on any atom is 0.341 e. The molecule has 1 aromatic carbocycles. The number of aromatic nitrogens is 1. The van der Waals surface area contributed by atoms with Crippen LogP contribution in [-0.4, -0.2) is 53.3 Å². The van der Waals surface area contributed by atoms with E-state index in [1.807, 2.05) is 16.7 Å². The van der Waals surface area contributed by atoms with Gasteiger partial charge in [0.15, 0.2) is 0 Å². The number of aryl methyl sites for hydroxylation is 1. The van der Waals surface area contributed by atoms with Crippen LogP contribution in [-0.2, 0) is 6.42 Å². The number of benzene rings is 1. The Kier molecular flexibility index (Phi) is 5.05. The highest BCUT2D eigenvalue weighted by molar-refractivity contribution is 9.10. The summed E-state index contributed by atoms with van der Waals surface area (Å²) in [7, 11) is 0. The summed E-state index contributed by atoms with van der Waals surface area (Å²) in [5, 5.41) is 9.96. The molecule has 0 amide bonds. The molecule has 4 rings (SSSR count). The molecule has 7 heteroatoms. The number of carboxylic acids is 1. The van der Waals surface area contributed by atoms with Crippen LogP contribution < -0.4 is 10.3 Å². The third-order valence-electron chi connectivity index (χ3n) is 5.93. The third-order valence-corrected chi connectivity index (χ3v) is 6.54. The molecule has 0 bridgehead atoms. The monoisotopic (exact) mass is 445 g/mol. The first-order valence-corrected chi connectivity index (χ1v) is 10.4. The number of pyridine rings is 1. The molecule has 0 radical (unpaired) electrons. The van der Waals surface area contributed by atoms with E-state index in [1.54, 1.807) is 0 Å². The lowest BCUT2D eigenvalue weighted by atomic mass is 9.94. The third kappa shape index (κ3) is 3.06. The molecule has 3 heterocycles. The molecule has 0 aliphatic carbocycles. The highest BCUT2D eigenvalue weighted by Gasteiger charge is 2.29. The molecule has 1 saturated heterocycles. The molecule has 1 unspecified atom stereocenters. The van der Waals surface area contributed by atoms with Crippen molar-refractivity contribution in [2.24, 2.45) is 0 Å². The van der Waals surface area contributed by atoms with Crippen LogP contribution in [0.25, 0.3) is 10.9 Å². The molecule has 1 fully saturated rings. The van der Waals surface area contributed by atoms with E-state index in [4.69, 9.17) is 0 Å². The highest BCUT2D eigenvalue weighted by Crippen LogP contribution is 2.41. The van der Waals surface area contributed by atoms with E-state index in [0.717, 1.165) is 66.8 Å². The molecule has 1 atom stereocenters. The molecule has 1 aromatic heterocycles. The zero-order chi connectivity index (χ0) is 20.0. The molecular formula is C21H24BrN3O3. The fourth-order valence-corrected chi connectivity index (χ4v) is 5.18. The Labute approximate surface area is 172 Å². The predicted molar refractivity (Wildman–Crippen MR) is 115 cm³/mol. The van der Waals surface area contributed by atoms with Crippen LogP contribution in [0.15, 0.2) is 34.2 Å². The number of anilines is 1. The largest absolute Gasteiger partial charge is 0.477 e. The molecule has 6 nitrogen and oxygen atoms in total. The molecule has 1 N–H and O–H groups in total. The summed E-state index contributed by atoms with van der Waals surface area (Å²) in [5.74, 6) is -1.17. The second kappa shape index (κ2) is 7.37. The first-order chi connectivity index (χ1) is 13.4. The average Bonchev–Trinajstić information content (AvgIpc) is 2.67. The van der Waals surface area contributed by atoms with Gasteiger partial charge in [-0.25, -0.2) is 4.79 Å². The Balaban J connectivity index is 1.88. The Hall–Kier alpha value is -2.12. The van der Waals surface area contributed by atoms with Crippen molar-refractivity contribution in [3.05, 3.63) is 50.7 Å². The standard InChI is InChI=1S/C21H24BrN3O3/c1-3-6-23-7-9-24(10-8-23)19-14-5-4-13(2)25-12-16(21(27)28)20(26)15(18(14)25)11-17(19)22/h3,11-13H,1,4-10H2,2H3,(H,27,28). The number of hydrogen-bond donors (Lipinski definition) is 1. The first kappa shape index (κ1) is 19.2. The van der Waals surface area contributed by atoms with Gasteiger partial charge in [0, 0.05) is 60.4 Å². The summed E-state index contributed by atoms with van der Waals surface area (Å²) in [6.07, 6.45) is 5.26. The first-order valence-electron chi connectivity index (χ1n) is 9.64. The van der Waals surface area contributed by atoms with Crippen molar-refractivity contribution in [1.29, 1.82) is 0 Å².